The molecule has 4 nitrogen and oxygen atoms in total. The van der Waals surface area contributed by atoms with Crippen LogP contribution in [-0.2, 0) is 6.42 Å². The third-order valence-corrected chi connectivity index (χ3v) is 5.86. The molecule has 1 fully saturated rings. The van der Waals surface area contributed by atoms with Gasteiger partial charge in [0.2, 0.25) is 0 Å². The molecule has 4 rings (SSSR count). The maximum absolute atomic E-state index is 13.0. The Kier molecular flexibility index (Phi) is 5.57. The van der Waals surface area contributed by atoms with Crippen LogP contribution in [0.2, 0.25) is 0 Å². The van der Waals surface area contributed by atoms with Crippen LogP contribution in [0.3, 0.4) is 0 Å². The maximum atomic E-state index is 13.0. The first-order valence-corrected chi connectivity index (χ1v) is 9.44. The number of hydrogen-bond donors (Lipinski definition) is 1. The van der Waals surface area contributed by atoms with Gasteiger partial charge in [0.1, 0.15) is 0 Å². The molecule has 0 unspecified atom stereocenters. The molecule has 6 heteroatoms. The summed E-state index contributed by atoms with van der Waals surface area (Å²) in [5.41, 5.74) is 1.07. The molecule has 3 aromatic rings. The summed E-state index contributed by atoms with van der Waals surface area (Å²) in [4.78, 5) is 15.8. The molecule has 0 spiro atoms. The van der Waals surface area contributed by atoms with Crippen molar-refractivity contribution < 1.29 is 17.3 Å². The minimum atomic E-state index is 0. The molecule has 3 heterocycles. The number of fused-ring (bicyclic) bond motifs is 1. The highest BCUT2D eigenvalue weighted by atomic mass is 35.5. The summed E-state index contributed by atoms with van der Waals surface area (Å²) in [6.07, 6.45) is 2.83. The lowest BCUT2D eigenvalue weighted by Gasteiger charge is -2.27. The van der Waals surface area contributed by atoms with Gasteiger partial charge in [-0.25, -0.2) is 4.68 Å². The van der Waals surface area contributed by atoms with Gasteiger partial charge in [-0.05, 0) is 17.5 Å². The summed E-state index contributed by atoms with van der Waals surface area (Å²) >= 11 is 1.74. The second-order valence-corrected chi connectivity index (χ2v) is 7.72. The summed E-state index contributed by atoms with van der Waals surface area (Å²) in [5, 5.41) is 8.70. The second-order valence-electron chi connectivity index (χ2n) is 6.69. The fraction of sp³-hybridized carbons (Fsp3) is 0.368. The third kappa shape index (κ3) is 3.64. The van der Waals surface area contributed by atoms with Crippen molar-refractivity contribution in [3.8, 4) is 0 Å². The van der Waals surface area contributed by atoms with E-state index in [0.29, 0.717) is 0 Å². The second kappa shape index (κ2) is 7.68. The summed E-state index contributed by atoms with van der Waals surface area (Å²) in [7, 11) is 2.22. The standard InChI is InChI=1S/C19H21N3OS.ClH/c1-21-10-8-14(9-11-21)22-19(23)17-7-3-2-6-16(17)18(20-22)13-15-5-4-12-24-15;/h2-7,12,14H,8-11,13H2,1H3;1H. The quantitative estimate of drug-likeness (QED) is 0.631. The number of aromatic nitrogens is 2. The summed E-state index contributed by atoms with van der Waals surface area (Å²) in [5.74, 6) is 0. The Balaban J connectivity index is 0.00000182. The van der Waals surface area contributed by atoms with Crippen molar-refractivity contribution in [1.29, 1.82) is 0 Å². The van der Waals surface area contributed by atoms with Gasteiger partial charge in [0.05, 0.1) is 37.3 Å². The van der Waals surface area contributed by atoms with Crippen LogP contribution in [0.25, 0.3) is 10.8 Å². The number of hydrogen-bond acceptors (Lipinski definition) is 3. The van der Waals surface area contributed by atoms with E-state index in [2.05, 4.69) is 24.6 Å². The number of nitrogens with one attached hydrogen (secondary N) is 1. The molecule has 0 radical (unpaired) electrons. The lowest BCUT2D eigenvalue weighted by atomic mass is 10.0. The van der Waals surface area contributed by atoms with Crippen molar-refractivity contribution in [2.45, 2.75) is 25.3 Å². The summed E-state index contributed by atoms with van der Waals surface area (Å²) in [6.45, 7) is 2.21. The topological polar surface area (TPSA) is 39.3 Å². The van der Waals surface area contributed by atoms with Crippen LogP contribution in [0.1, 0.15) is 29.5 Å². The van der Waals surface area contributed by atoms with E-state index in [1.807, 2.05) is 24.3 Å². The molecule has 0 bridgehead atoms. The van der Waals surface area contributed by atoms with E-state index < -0.39 is 0 Å². The Morgan fingerprint density at radius 1 is 1.16 bits per heavy atom. The first-order valence-electron chi connectivity index (χ1n) is 8.56. The van der Waals surface area contributed by atoms with Gasteiger partial charge in [-0.15, -0.1) is 11.3 Å². The predicted octanol–water partition coefficient (Wildman–Crippen LogP) is -1.10. The van der Waals surface area contributed by atoms with Crippen LogP contribution in [0.15, 0.2) is 46.6 Å². The lowest BCUT2D eigenvalue weighted by Crippen LogP contribution is -3.10. The highest BCUT2D eigenvalue weighted by Gasteiger charge is 2.24. The van der Waals surface area contributed by atoms with Crippen molar-refractivity contribution in [3.63, 3.8) is 0 Å². The molecule has 1 saturated heterocycles. The predicted molar refractivity (Wildman–Crippen MR) is 98.0 cm³/mol. The molecule has 25 heavy (non-hydrogen) atoms. The van der Waals surface area contributed by atoms with Crippen LogP contribution >= 0.6 is 11.3 Å². The minimum absolute atomic E-state index is 0. The highest BCUT2D eigenvalue weighted by Crippen LogP contribution is 2.22. The van der Waals surface area contributed by atoms with Gasteiger partial charge in [-0.3, -0.25) is 4.79 Å². The SMILES string of the molecule is C[NH+]1CCC(n2nc(Cc3cccs3)c3ccccc3c2=O)CC1.[Cl-]. The van der Waals surface area contributed by atoms with E-state index in [-0.39, 0.29) is 24.0 Å². The van der Waals surface area contributed by atoms with Crippen LogP contribution in [0.5, 0.6) is 0 Å². The van der Waals surface area contributed by atoms with Crippen LogP contribution in [0, 0.1) is 0 Å². The van der Waals surface area contributed by atoms with Crippen molar-refractivity contribution in [2.24, 2.45) is 0 Å². The van der Waals surface area contributed by atoms with Crippen molar-refractivity contribution in [1.82, 2.24) is 9.78 Å². The molecular formula is C19H22ClN3OS. The van der Waals surface area contributed by atoms with Gasteiger partial charge in [-0.2, -0.15) is 5.10 Å². The molecule has 1 aliphatic heterocycles. The molecule has 132 valence electrons. The molecule has 1 aromatic carbocycles. The van der Waals surface area contributed by atoms with Crippen molar-refractivity contribution in [2.75, 3.05) is 20.1 Å². The Morgan fingerprint density at radius 3 is 2.56 bits per heavy atom. The first kappa shape index (κ1) is 18.1. The molecule has 2 aromatic heterocycles. The van der Waals surface area contributed by atoms with Crippen LogP contribution in [0.4, 0.5) is 0 Å². The van der Waals surface area contributed by atoms with Gasteiger partial charge < -0.3 is 17.3 Å². The number of rotatable bonds is 3. The van der Waals surface area contributed by atoms with E-state index in [1.54, 1.807) is 20.9 Å². The smallest absolute Gasteiger partial charge is 0.274 e. The number of quaternary nitrogens is 1. The van der Waals surface area contributed by atoms with Gasteiger partial charge in [0, 0.05) is 29.5 Å². The molecule has 0 atom stereocenters. The zero-order valence-corrected chi connectivity index (χ0v) is 15.8. The Hall–Kier alpha value is -1.69. The average Bonchev–Trinajstić information content (AvgIpc) is 3.11. The normalized spacial score (nSPS) is 20.4. The van der Waals surface area contributed by atoms with E-state index in [0.717, 1.165) is 48.8 Å². The number of likely N-dealkylation sites (tertiary alicyclic amines) is 1. The number of piperidine rings is 1. The maximum Gasteiger partial charge on any atom is 0.274 e. The van der Waals surface area contributed by atoms with E-state index in [4.69, 9.17) is 5.10 Å². The van der Waals surface area contributed by atoms with E-state index >= 15 is 0 Å². The number of thiophene rings is 1. The molecule has 0 amide bonds. The van der Waals surface area contributed by atoms with Gasteiger partial charge >= 0.3 is 0 Å². The van der Waals surface area contributed by atoms with Crippen LogP contribution in [-0.4, -0.2) is 29.9 Å². The van der Waals surface area contributed by atoms with E-state index in [9.17, 15) is 4.79 Å². The lowest BCUT2D eigenvalue weighted by molar-refractivity contribution is -0.885. The Morgan fingerprint density at radius 2 is 1.88 bits per heavy atom. The summed E-state index contributed by atoms with van der Waals surface area (Å²) < 4.78 is 1.78. The van der Waals surface area contributed by atoms with Crippen LogP contribution < -0.4 is 22.9 Å². The van der Waals surface area contributed by atoms with Crippen molar-refractivity contribution in [3.05, 3.63) is 62.7 Å². The molecular weight excluding hydrogens is 354 g/mol. The van der Waals surface area contributed by atoms with Gasteiger partial charge in [0.15, 0.2) is 0 Å². The highest BCUT2D eigenvalue weighted by molar-refractivity contribution is 7.09. The molecule has 0 saturated carbocycles. The first-order chi connectivity index (χ1) is 11.7. The largest absolute Gasteiger partial charge is 1.00 e. The molecule has 1 aliphatic rings. The average molecular weight is 376 g/mol. The Labute approximate surface area is 157 Å². The zero-order chi connectivity index (χ0) is 16.5. The molecule has 1 N–H and O–H groups in total. The molecule has 0 aliphatic carbocycles. The van der Waals surface area contributed by atoms with Gasteiger partial charge in [0.25, 0.3) is 5.56 Å². The zero-order valence-electron chi connectivity index (χ0n) is 14.2. The third-order valence-electron chi connectivity index (χ3n) is 4.98. The minimum Gasteiger partial charge on any atom is -1.00 e. The number of benzene rings is 1. The van der Waals surface area contributed by atoms with Gasteiger partial charge in [-0.1, -0.05) is 24.3 Å². The number of nitrogens with zero attached hydrogens (tertiary/aromatic N) is 2. The summed E-state index contributed by atoms with van der Waals surface area (Å²) in [6, 6.07) is 12.3. The fourth-order valence-electron chi connectivity index (χ4n) is 3.57. The Bertz CT molecular complexity index is 899. The monoisotopic (exact) mass is 375 g/mol. The fourth-order valence-corrected chi connectivity index (χ4v) is 4.28. The number of halogens is 1. The van der Waals surface area contributed by atoms with Crippen molar-refractivity contribution >= 4 is 22.1 Å². The van der Waals surface area contributed by atoms with E-state index in [1.165, 1.54) is 4.88 Å².